The quantitative estimate of drug-likeness (QED) is 0.735. The molecule has 0 aliphatic carbocycles. The fraction of sp³-hybridized carbons (Fsp3) is 0.550. The van der Waals surface area contributed by atoms with Gasteiger partial charge in [0.1, 0.15) is 0 Å². The van der Waals surface area contributed by atoms with Gasteiger partial charge in [-0.25, -0.2) is 4.79 Å². The van der Waals surface area contributed by atoms with Crippen LogP contribution >= 0.6 is 11.6 Å². The van der Waals surface area contributed by atoms with Crippen LogP contribution in [0.3, 0.4) is 0 Å². The maximum absolute atomic E-state index is 12.5. The lowest BCUT2D eigenvalue weighted by Crippen LogP contribution is -2.50. The number of benzene rings is 1. The van der Waals surface area contributed by atoms with Crippen molar-refractivity contribution < 1.29 is 14.4 Å². The van der Waals surface area contributed by atoms with Crippen molar-refractivity contribution in [2.45, 2.75) is 25.7 Å². The summed E-state index contributed by atoms with van der Waals surface area (Å²) in [6, 6.07) is 6.89. The van der Waals surface area contributed by atoms with E-state index in [4.69, 9.17) is 11.6 Å². The zero-order valence-corrected chi connectivity index (χ0v) is 16.7. The first-order chi connectivity index (χ1) is 13.6. The fourth-order valence-corrected chi connectivity index (χ4v) is 3.94. The van der Waals surface area contributed by atoms with Gasteiger partial charge in [0.25, 0.3) is 5.91 Å². The van der Waals surface area contributed by atoms with Crippen molar-refractivity contribution in [2.24, 2.45) is 5.92 Å². The Morgan fingerprint density at radius 2 is 1.64 bits per heavy atom. The minimum absolute atomic E-state index is 0.0574. The largest absolute Gasteiger partial charge is 0.354 e. The molecule has 1 aromatic carbocycles. The van der Waals surface area contributed by atoms with Gasteiger partial charge in [-0.15, -0.1) is 0 Å². The second-order valence-electron chi connectivity index (χ2n) is 7.29. The molecule has 0 radical (unpaired) electrons. The van der Waals surface area contributed by atoms with Crippen LogP contribution in [0.2, 0.25) is 5.02 Å². The van der Waals surface area contributed by atoms with Crippen LogP contribution < -0.4 is 10.6 Å². The summed E-state index contributed by atoms with van der Waals surface area (Å²) in [7, 11) is 0. The molecule has 4 amide bonds. The number of urea groups is 1. The molecule has 2 fully saturated rings. The summed E-state index contributed by atoms with van der Waals surface area (Å²) < 4.78 is 0. The van der Waals surface area contributed by atoms with Crippen molar-refractivity contribution in [1.82, 2.24) is 20.4 Å². The van der Waals surface area contributed by atoms with E-state index < -0.39 is 0 Å². The predicted molar refractivity (Wildman–Crippen MR) is 107 cm³/mol. The molecule has 2 N–H and O–H groups in total. The number of carbonyl (C=O) groups is 3. The maximum atomic E-state index is 12.5. The van der Waals surface area contributed by atoms with Crippen molar-refractivity contribution >= 4 is 29.4 Å². The van der Waals surface area contributed by atoms with E-state index in [-0.39, 0.29) is 23.8 Å². The third kappa shape index (κ3) is 5.16. The highest BCUT2D eigenvalue weighted by Gasteiger charge is 2.31. The van der Waals surface area contributed by atoms with Gasteiger partial charge >= 0.3 is 6.03 Å². The first-order valence-electron chi connectivity index (χ1n) is 9.90. The number of halogens is 1. The van der Waals surface area contributed by atoms with E-state index in [2.05, 4.69) is 10.6 Å². The monoisotopic (exact) mass is 406 g/mol. The molecular formula is C20H27ClN4O3. The van der Waals surface area contributed by atoms with Crippen molar-refractivity contribution in [1.29, 1.82) is 0 Å². The first-order valence-corrected chi connectivity index (χ1v) is 10.3. The number of hydrogen-bond acceptors (Lipinski definition) is 3. The summed E-state index contributed by atoms with van der Waals surface area (Å²) in [5.41, 5.74) is 0.416. The molecule has 0 spiro atoms. The summed E-state index contributed by atoms with van der Waals surface area (Å²) in [4.78, 5) is 40.8. The van der Waals surface area contributed by atoms with E-state index in [0.29, 0.717) is 36.8 Å². The molecule has 28 heavy (non-hydrogen) atoms. The summed E-state index contributed by atoms with van der Waals surface area (Å²) in [6.45, 7) is 3.47. The average Bonchev–Trinajstić information content (AvgIpc) is 3.25. The van der Waals surface area contributed by atoms with Crippen LogP contribution in [0.4, 0.5) is 4.79 Å². The summed E-state index contributed by atoms with van der Waals surface area (Å²) in [6.07, 6.45) is 3.73. The van der Waals surface area contributed by atoms with Gasteiger partial charge in [-0.2, -0.15) is 0 Å². The molecule has 2 saturated heterocycles. The Bertz CT molecular complexity index is 721. The van der Waals surface area contributed by atoms with Crippen molar-refractivity contribution in [3.05, 3.63) is 34.9 Å². The lowest BCUT2D eigenvalue weighted by molar-refractivity contribution is -0.126. The predicted octanol–water partition coefficient (Wildman–Crippen LogP) is 2.11. The van der Waals surface area contributed by atoms with Crippen LogP contribution in [-0.4, -0.2) is 66.9 Å². The molecule has 2 heterocycles. The van der Waals surface area contributed by atoms with Gasteiger partial charge in [0, 0.05) is 39.3 Å². The summed E-state index contributed by atoms with van der Waals surface area (Å²) in [5.74, 6) is -0.523. The lowest BCUT2D eigenvalue weighted by Gasteiger charge is -2.34. The number of piperidine rings is 1. The van der Waals surface area contributed by atoms with Crippen LogP contribution in [0.15, 0.2) is 24.3 Å². The Morgan fingerprint density at radius 3 is 2.39 bits per heavy atom. The molecule has 7 nitrogen and oxygen atoms in total. The standard InChI is InChI=1S/C20H27ClN4O3/c21-17-8-2-1-7-16(17)19(27)23-10-9-22-18(26)15-6-5-13-25(14-15)20(28)24-11-3-4-12-24/h1-2,7-8,15H,3-6,9-14H2,(H,22,26)(H,23,27)/t15-/m1/s1. The molecule has 0 unspecified atom stereocenters. The zero-order chi connectivity index (χ0) is 19.9. The second kappa shape index (κ2) is 9.78. The third-order valence-corrected chi connectivity index (χ3v) is 5.60. The van der Waals surface area contributed by atoms with Gasteiger partial charge in [-0.1, -0.05) is 23.7 Å². The Hall–Kier alpha value is -2.28. The maximum Gasteiger partial charge on any atom is 0.320 e. The highest BCUT2D eigenvalue weighted by atomic mass is 35.5. The zero-order valence-electron chi connectivity index (χ0n) is 16.0. The molecule has 1 aromatic rings. The first kappa shape index (κ1) is 20.5. The molecule has 1 atom stereocenters. The molecule has 0 bridgehead atoms. The van der Waals surface area contributed by atoms with Crippen LogP contribution in [0, 0.1) is 5.92 Å². The van der Waals surface area contributed by atoms with E-state index in [0.717, 1.165) is 38.8 Å². The smallest absolute Gasteiger partial charge is 0.320 e. The highest BCUT2D eigenvalue weighted by molar-refractivity contribution is 6.33. The fourth-order valence-electron chi connectivity index (χ4n) is 3.72. The molecule has 8 heteroatoms. The van der Waals surface area contributed by atoms with Gasteiger partial charge in [0.15, 0.2) is 0 Å². The second-order valence-corrected chi connectivity index (χ2v) is 7.70. The number of carbonyl (C=O) groups excluding carboxylic acids is 3. The topological polar surface area (TPSA) is 81.8 Å². The minimum atomic E-state index is -0.264. The lowest BCUT2D eigenvalue weighted by atomic mass is 9.97. The Morgan fingerprint density at radius 1 is 0.964 bits per heavy atom. The highest BCUT2D eigenvalue weighted by Crippen LogP contribution is 2.20. The number of hydrogen-bond donors (Lipinski definition) is 2. The number of nitrogens with one attached hydrogen (secondary N) is 2. The molecule has 152 valence electrons. The summed E-state index contributed by atoms with van der Waals surface area (Å²) >= 11 is 6.00. The van der Waals surface area contributed by atoms with E-state index in [1.807, 2.05) is 4.90 Å². The number of rotatable bonds is 5. The van der Waals surface area contributed by atoms with Gasteiger partial charge < -0.3 is 20.4 Å². The van der Waals surface area contributed by atoms with E-state index in [9.17, 15) is 14.4 Å². The molecular weight excluding hydrogens is 380 g/mol. The van der Waals surface area contributed by atoms with Crippen LogP contribution in [-0.2, 0) is 4.79 Å². The van der Waals surface area contributed by atoms with E-state index >= 15 is 0 Å². The van der Waals surface area contributed by atoms with Crippen molar-refractivity contribution in [3.8, 4) is 0 Å². The molecule has 0 aromatic heterocycles. The Kier molecular flexibility index (Phi) is 7.14. The normalized spacial score (nSPS) is 19.4. The number of amides is 4. The molecule has 0 saturated carbocycles. The molecule has 2 aliphatic heterocycles. The van der Waals surface area contributed by atoms with Crippen LogP contribution in [0.1, 0.15) is 36.0 Å². The van der Waals surface area contributed by atoms with E-state index in [1.54, 1.807) is 29.2 Å². The third-order valence-electron chi connectivity index (χ3n) is 5.27. The van der Waals surface area contributed by atoms with Gasteiger partial charge in [-0.05, 0) is 37.8 Å². The Labute approximate surface area is 170 Å². The number of likely N-dealkylation sites (tertiary alicyclic amines) is 2. The van der Waals surface area contributed by atoms with Crippen molar-refractivity contribution in [2.75, 3.05) is 39.3 Å². The van der Waals surface area contributed by atoms with Crippen molar-refractivity contribution in [3.63, 3.8) is 0 Å². The van der Waals surface area contributed by atoms with Gasteiger partial charge in [-0.3, -0.25) is 9.59 Å². The van der Waals surface area contributed by atoms with Gasteiger partial charge in [0.05, 0.1) is 16.5 Å². The molecule has 3 rings (SSSR count). The van der Waals surface area contributed by atoms with Crippen LogP contribution in [0.5, 0.6) is 0 Å². The van der Waals surface area contributed by atoms with E-state index in [1.165, 1.54) is 0 Å². The molecule has 2 aliphatic rings. The minimum Gasteiger partial charge on any atom is -0.354 e. The SMILES string of the molecule is O=C(NCCNC(=O)[C@@H]1CCCN(C(=O)N2CCCC2)C1)c1ccccc1Cl. The summed E-state index contributed by atoms with van der Waals surface area (Å²) in [5, 5.41) is 6.01. The van der Waals surface area contributed by atoms with Gasteiger partial charge in [0.2, 0.25) is 5.91 Å². The Balaban J connectivity index is 1.40. The average molecular weight is 407 g/mol. The van der Waals surface area contributed by atoms with Crippen LogP contribution in [0.25, 0.3) is 0 Å². The number of nitrogens with zero attached hydrogens (tertiary/aromatic N) is 2.